The van der Waals surface area contributed by atoms with E-state index >= 15 is 0 Å². The highest BCUT2D eigenvalue weighted by Gasteiger charge is 2.45. The van der Waals surface area contributed by atoms with Gasteiger partial charge in [-0.1, -0.05) is 5.92 Å². The maximum Gasteiger partial charge on any atom is 0.122 e. The molecule has 21 heavy (non-hydrogen) atoms. The standard InChI is InChI=1S/C17H31NO3/c1-8-17(6,7)21-12-14(20)11-18-15(2,3)9-13(19)10-16(18,4)5/h1,13-14,19-20H,9-12H2,2-7H3. The van der Waals surface area contributed by atoms with E-state index in [1.54, 1.807) is 0 Å². The van der Waals surface area contributed by atoms with Gasteiger partial charge in [0.05, 0.1) is 18.8 Å². The Labute approximate surface area is 129 Å². The molecule has 4 heteroatoms. The first-order chi connectivity index (χ1) is 9.39. The largest absolute Gasteiger partial charge is 0.393 e. The van der Waals surface area contributed by atoms with Crippen molar-refractivity contribution in [2.75, 3.05) is 13.2 Å². The summed E-state index contributed by atoms with van der Waals surface area (Å²) in [6, 6.07) is 0. The van der Waals surface area contributed by atoms with Crippen molar-refractivity contribution in [3.05, 3.63) is 0 Å². The Morgan fingerprint density at radius 3 is 2.19 bits per heavy atom. The first kappa shape index (κ1) is 18.4. The van der Waals surface area contributed by atoms with Crippen LogP contribution in [0.3, 0.4) is 0 Å². The lowest BCUT2D eigenvalue weighted by Crippen LogP contribution is -2.63. The van der Waals surface area contributed by atoms with Crippen molar-refractivity contribution in [1.29, 1.82) is 0 Å². The lowest BCUT2D eigenvalue weighted by molar-refractivity contribution is -0.111. The topological polar surface area (TPSA) is 52.9 Å². The van der Waals surface area contributed by atoms with E-state index < -0.39 is 11.7 Å². The van der Waals surface area contributed by atoms with Crippen LogP contribution in [0.2, 0.25) is 0 Å². The van der Waals surface area contributed by atoms with Crippen LogP contribution < -0.4 is 0 Å². The van der Waals surface area contributed by atoms with Gasteiger partial charge < -0.3 is 14.9 Å². The van der Waals surface area contributed by atoms with Gasteiger partial charge >= 0.3 is 0 Å². The number of terminal acetylenes is 1. The van der Waals surface area contributed by atoms with Crippen LogP contribution in [0.5, 0.6) is 0 Å². The molecule has 0 spiro atoms. The summed E-state index contributed by atoms with van der Waals surface area (Å²) in [7, 11) is 0. The van der Waals surface area contributed by atoms with Crippen LogP contribution in [-0.2, 0) is 4.74 Å². The number of hydrogen-bond donors (Lipinski definition) is 2. The Morgan fingerprint density at radius 2 is 1.76 bits per heavy atom. The third-order valence-corrected chi connectivity index (χ3v) is 4.31. The van der Waals surface area contributed by atoms with Crippen molar-refractivity contribution in [3.63, 3.8) is 0 Å². The minimum Gasteiger partial charge on any atom is -0.393 e. The minimum atomic E-state index is -0.663. The highest BCUT2D eigenvalue weighted by molar-refractivity contribution is 5.03. The number of aliphatic hydroxyl groups is 2. The van der Waals surface area contributed by atoms with Crippen LogP contribution in [-0.4, -0.2) is 57.2 Å². The summed E-state index contributed by atoms with van der Waals surface area (Å²) in [5.41, 5.74) is -0.988. The van der Waals surface area contributed by atoms with Crippen molar-refractivity contribution in [2.24, 2.45) is 0 Å². The molecule has 2 N–H and O–H groups in total. The molecule has 1 unspecified atom stereocenters. The van der Waals surface area contributed by atoms with Crippen LogP contribution in [0.4, 0.5) is 0 Å². The molecule has 1 fully saturated rings. The predicted molar refractivity (Wildman–Crippen MR) is 85.0 cm³/mol. The molecule has 0 saturated carbocycles. The molecule has 122 valence electrons. The number of β-amino-alcohol motifs (C(OH)–C–C–N with tert-alkyl or cyclic N) is 1. The SMILES string of the molecule is C#CC(C)(C)OCC(O)CN1C(C)(C)CC(O)CC1(C)C. The number of aliphatic hydroxyl groups excluding tert-OH is 2. The van der Waals surface area contributed by atoms with E-state index in [1.165, 1.54) is 0 Å². The summed E-state index contributed by atoms with van der Waals surface area (Å²) in [6.45, 7) is 12.8. The molecule has 0 aromatic carbocycles. The monoisotopic (exact) mass is 297 g/mol. The van der Waals surface area contributed by atoms with E-state index in [2.05, 4.69) is 38.5 Å². The maximum absolute atomic E-state index is 10.3. The second-order valence-electron chi connectivity index (χ2n) is 7.92. The Morgan fingerprint density at radius 1 is 1.29 bits per heavy atom. The molecular weight excluding hydrogens is 266 g/mol. The number of ether oxygens (including phenoxy) is 1. The fourth-order valence-corrected chi connectivity index (χ4v) is 3.37. The average molecular weight is 297 g/mol. The molecule has 1 saturated heterocycles. The maximum atomic E-state index is 10.3. The first-order valence-corrected chi connectivity index (χ1v) is 7.65. The van der Waals surface area contributed by atoms with Crippen LogP contribution in [0.1, 0.15) is 54.4 Å². The Bertz CT molecular complexity index is 377. The second kappa shape index (κ2) is 6.26. The first-order valence-electron chi connectivity index (χ1n) is 7.65. The molecule has 0 radical (unpaired) electrons. The van der Waals surface area contributed by atoms with Crippen molar-refractivity contribution in [1.82, 2.24) is 4.90 Å². The molecule has 0 aromatic rings. The van der Waals surface area contributed by atoms with Gasteiger partial charge in [-0.25, -0.2) is 0 Å². The predicted octanol–water partition coefficient (Wildman–Crippen LogP) is 1.79. The van der Waals surface area contributed by atoms with Gasteiger partial charge in [-0.15, -0.1) is 6.42 Å². The molecule has 0 amide bonds. The number of piperidine rings is 1. The minimum absolute atomic E-state index is 0.163. The van der Waals surface area contributed by atoms with Gasteiger partial charge in [0.2, 0.25) is 0 Å². The molecule has 0 aromatic heterocycles. The van der Waals surface area contributed by atoms with E-state index in [4.69, 9.17) is 11.2 Å². The quantitative estimate of drug-likeness (QED) is 0.760. The van der Waals surface area contributed by atoms with Crippen molar-refractivity contribution in [3.8, 4) is 12.3 Å². The molecule has 1 atom stereocenters. The summed E-state index contributed by atoms with van der Waals surface area (Å²) < 4.78 is 5.58. The zero-order valence-corrected chi connectivity index (χ0v) is 14.3. The van der Waals surface area contributed by atoms with Gasteiger partial charge in [0.25, 0.3) is 0 Å². The molecule has 0 bridgehead atoms. The normalized spacial score (nSPS) is 24.5. The number of likely N-dealkylation sites (tertiary alicyclic amines) is 1. The summed E-state index contributed by atoms with van der Waals surface area (Å²) in [5, 5.41) is 20.3. The van der Waals surface area contributed by atoms with E-state index in [1.807, 2.05) is 13.8 Å². The van der Waals surface area contributed by atoms with E-state index in [0.717, 1.165) is 0 Å². The van der Waals surface area contributed by atoms with Gasteiger partial charge in [-0.3, -0.25) is 4.90 Å². The molecule has 1 aliphatic heterocycles. The zero-order chi connectivity index (χ0) is 16.5. The lowest BCUT2D eigenvalue weighted by atomic mass is 9.78. The van der Waals surface area contributed by atoms with Crippen LogP contribution in [0, 0.1) is 12.3 Å². The summed E-state index contributed by atoms with van der Waals surface area (Å²) in [4.78, 5) is 2.27. The van der Waals surface area contributed by atoms with Crippen LogP contribution in [0.25, 0.3) is 0 Å². The van der Waals surface area contributed by atoms with Crippen molar-refractivity contribution < 1.29 is 14.9 Å². The van der Waals surface area contributed by atoms with Crippen LogP contribution in [0.15, 0.2) is 0 Å². The fraction of sp³-hybridized carbons (Fsp3) is 0.882. The smallest absolute Gasteiger partial charge is 0.122 e. The zero-order valence-electron chi connectivity index (χ0n) is 14.3. The van der Waals surface area contributed by atoms with Gasteiger partial charge in [0.1, 0.15) is 5.60 Å². The molecule has 0 aliphatic carbocycles. The highest BCUT2D eigenvalue weighted by Crippen LogP contribution is 2.38. The molecule has 1 rings (SSSR count). The molecule has 1 aliphatic rings. The Kier molecular flexibility index (Phi) is 5.50. The van der Waals surface area contributed by atoms with E-state index in [-0.39, 0.29) is 23.8 Å². The third kappa shape index (κ3) is 4.96. The average Bonchev–Trinajstić information content (AvgIpc) is 2.30. The number of hydrogen-bond acceptors (Lipinski definition) is 4. The Balaban J connectivity index is 2.69. The summed E-state index contributed by atoms with van der Waals surface area (Å²) in [5.74, 6) is 2.56. The van der Waals surface area contributed by atoms with Gasteiger partial charge in [-0.05, 0) is 54.4 Å². The Hall–Kier alpha value is -0.600. The molecule has 1 heterocycles. The summed E-state index contributed by atoms with van der Waals surface area (Å²) in [6.07, 6.45) is 5.90. The number of rotatable bonds is 5. The molecular formula is C17H31NO3. The van der Waals surface area contributed by atoms with Gasteiger partial charge in [-0.2, -0.15) is 0 Å². The van der Waals surface area contributed by atoms with Gasteiger partial charge in [0, 0.05) is 17.6 Å². The molecule has 4 nitrogen and oxygen atoms in total. The van der Waals surface area contributed by atoms with E-state index in [9.17, 15) is 10.2 Å². The fourth-order valence-electron chi connectivity index (χ4n) is 3.37. The summed E-state index contributed by atoms with van der Waals surface area (Å²) >= 11 is 0. The number of nitrogens with zero attached hydrogens (tertiary/aromatic N) is 1. The van der Waals surface area contributed by atoms with E-state index in [0.29, 0.717) is 19.4 Å². The lowest BCUT2D eigenvalue weighted by Gasteiger charge is -2.55. The van der Waals surface area contributed by atoms with Gasteiger partial charge in [0.15, 0.2) is 0 Å². The van der Waals surface area contributed by atoms with Crippen LogP contribution >= 0.6 is 0 Å². The highest BCUT2D eigenvalue weighted by atomic mass is 16.5. The second-order valence-corrected chi connectivity index (χ2v) is 7.92. The third-order valence-electron chi connectivity index (χ3n) is 4.31. The van der Waals surface area contributed by atoms with Crippen molar-refractivity contribution >= 4 is 0 Å². The van der Waals surface area contributed by atoms with Crippen molar-refractivity contribution in [2.45, 2.75) is 83.3 Å².